The third-order valence-corrected chi connectivity index (χ3v) is 5.70. The van der Waals surface area contributed by atoms with E-state index in [2.05, 4.69) is 15.2 Å². The highest BCUT2D eigenvalue weighted by molar-refractivity contribution is 5.99. The van der Waals surface area contributed by atoms with Crippen molar-refractivity contribution in [3.05, 3.63) is 77.7 Å². The highest BCUT2D eigenvalue weighted by atomic mass is 19.1. The van der Waals surface area contributed by atoms with Crippen LogP contribution in [0.3, 0.4) is 0 Å². The largest absolute Gasteiger partial charge is 0.457 e. The topological polar surface area (TPSA) is 97.5 Å². The molecule has 3 aromatic rings. The van der Waals surface area contributed by atoms with Gasteiger partial charge in [-0.25, -0.2) is 9.37 Å². The molecule has 1 aliphatic rings. The average molecular weight is 463 g/mol. The van der Waals surface area contributed by atoms with E-state index in [9.17, 15) is 14.0 Å². The number of amides is 2. The number of hydrogen-bond acceptors (Lipinski definition) is 5. The first-order valence-electron chi connectivity index (χ1n) is 11.3. The smallest absolute Gasteiger partial charge is 0.269 e. The van der Waals surface area contributed by atoms with Crippen LogP contribution in [-0.2, 0) is 0 Å². The van der Waals surface area contributed by atoms with Gasteiger partial charge < -0.3 is 20.7 Å². The first kappa shape index (κ1) is 23.4. The molecule has 0 saturated carbocycles. The van der Waals surface area contributed by atoms with Crippen LogP contribution >= 0.6 is 0 Å². The minimum absolute atomic E-state index is 0.136. The van der Waals surface area contributed by atoms with Crippen molar-refractivity contribution in [3.8, 4) is 22.8 Å². The number of ether oxygens (including phenoxy) is 1. The minimum Gasteiger partial charge on any atom is -0.457 e. The molecule has 0 aliphatic carbocycles. The van der Waals surface area contributed by atoms with Crippen LogP contribution in [0.1, 0.15) is 40.1 Å². The van der Waals surface area contributed by atoms with Crippen LogP contribution in [0.25, 0.3) is 11.3 Å². The lowest BCUT2D eigenvalue weighted by Gasteiger charge is -2.26. The lowest BCUT2D eigenvalue weighted by molar-refractivity contribution is 0.0941. The number of likely N-dealkylation sites (tertiary alicyclic amines) is 1. The standard InChI is InChI=1S/C26H27FN4O3/c27-20-6-10-22(11-7-20)34-21-8-4-18(5-9-21)23-16-19(25(28)32)17-24(30-23)26(33)29-12-15-31-13-2-1-3-14-31/h4-11,16-17H,1-3,12-15H2,(H2,28,32)(H,29,33). The highest BCUT2D eigenvalue weighted by Crippen LogP contribution is 2.26. The second kappa shape index (κ2) is 10.9. The number of primary amides is 1. The minimum atomic E-state index is -0.637. The molecule has 3 N–H and O–H groups in total. The molecule has 176 valence electrons. The summed E-state index contributed by atoms with van der Waals surface area (Å²) in [6.45, 7) is 3.39. The number of benzene rings is 2. The van der Waals surface area contributed by atoms with Crippen molar-refractivity contribution in [3.63, 3.8) is 0 Å². The number of aromatic nitrogens is 1. The van der Waals surface area contributed by atoms with Crippen LogP contribution in [0.4, 0.5) is 4.39 Å². The van der Waals surface area contributed by atoms with E-state index in [-0.39, 0.29) is 23.0 Å². The van der Waals surface area contributed by atoms with E-state index in [4.69, 9.17) is 10.5 Å². The molecule has 34 heavy (non-hydrogen) atoms. The van der Waals surface area contributed by atoms with Gasteiger partial charge in [0.1, 0.15) is 23.0 Å². The maximum absolute atomic E-state index is 13.1. The van der Waals surface area contributed by atoms with Crippen molar-refractivity contribution in [2.24, 2.45) is 5.73 Å². The van der Waals surface area contributed by atoms with Gasteiger partial charge in [0.05, 0.1) is 5.69 Å². The molecule has 1 fully saturated rings. The number of nitrogens with two attached hydrogens (primary N) is 1. The number of pyridine rings is 1. The zero-order valence-corrected chi connectivity index (χ0v) is 18.8. The predicted octanol–water partition coefficient (Wildman–Crippen LogP) is 3.99. The Morgan fingerprint density at radius 2 is 1.62 bits per heavy atom. The first-order valence-corrected chi connectivity index (χ1v) is 11.3. The van der Waals surface area contributed by atoms with E-state index < -0.39 is 5.91 Å². The third-order valence-electron chi connectivity index (χ3n) is 5.70. The van der Waals surface area contributed by atoms with Crippen LogP contribution in [0.5, 0.6) is 11.5 Å². The SMILES string of the molecule is NC(=O)c1cc(C(=O)NCCN2CCCCC2)nc(-c2ccc(Oc3ccc(F)cc3)cc2)c1. The van der Waals surface area contributed by atoms with Gasteiger partial charge in [-0.1, -0.05) is 6.42 Å². The number of carbonyl (C=O) groups excluding carboxylic acids is 2. The highest BCUT2D eigenvalue weighted by Gasteiger charge is 2.15. The second-order valence-corrected chi connectivity index (χ2v) is 8.23. The Kier molecular flexibility index (Phi) is 7.49. The Hall–Kier alpha value is -3.78. The van der Waals surface area contributed by atoms with Crippen LogP contribution in [0, 0.1) is 5.82 Å². The molecular weight excluding hydrogens is 435 g/mol. The Labute approximate surface area is 197 Å². The lowest BCUT2D eigenvalue weighted by atomic mass is 10.1. The number of nitrogens with zero attached hydrogens (tertiary/aromatic N) is 2. The number of piperidine rings is 1. The zero-order valence-electron chi connectivity index (χ0n) is 18.8. The van der Waals surface area contributed by atoms with E-state index in [1.54, 1.807) is 30.3 Å². The van der Waals surface area contributed by atoms with E-state index in [1.807, 2.05) is 0 Å². The molecular formula is C26H27FN4O3. The molecule has 1 aliphatic heterocycles. The van der Waals surface area contributed by atoms with Gasteiger partial charge in [-0.05, 0) is 86.6 Å². The average Bonchev–Trinajstić information content (AvgIpc) is 2.86. The Balaban J connectivity index is 1.47. The lowest BCUT2D eigenvalue weighted by Crippen LogP contribution is -2.38. The maximum atomic E-state index is 13.1. The van der Waals surface area contributed by atoms with Crippen molar-refractivity contribution in [1.82, 2.24) is 15.2 Å². The van der Waals surface area contributed by atoms with Gasteiger partial charge in [-0.3, -0.25) is 9.59 Å². The van der Waals surface area contributed by atoms with Gasteiger partial charge in [0.25, 0.3) is 5.91 Å². The molecule has 2 heterocycles. The molecule has 8 heteroatoms. The van der Waals surface area contributed by atoms with Gasteiger partial charge in [0, 0.05) is 24.2 Å². The van der Waals surface area contributed by atoms with Crippen molar-refractivity contribution >= 4 is 11.8 Å². The first-order chi connectivity index (χ1) is 16.5. The van der Waals surface area contributed by atoms with Crippen LogP contribution < -0.4 is 15.8 Å². The van der Waals surface area contributed by atoms with E-state index >= 15 is 0 Å². The molecule has 7 nitrogen and oxygen atoms in total. The second-order valence-electron chi connectivity index (χ2n) is 8.23. The number of carbonyl (C=O) groups is 2. The Morgan fingerprint density at radius 1 is 0.971 bits per heavy atom. The number of halogens is 1. The normalized spacial score (nSPS) is 13.9. The van der Waals surface area contributed by atoms with Gasteiger partial charge in [0.2, 0.25) is 5.91 Å². The predicted molar refractivity (Wildman–Crippen MR) is 127 cm³/mol. The fourth-order valence-electron chi connectivity index (χ4n) is 3.87. The molecule has 0 atom stereocenters. The monoisotopic (exact) mass is 462 g/mol. The van der Waals surface area contributed by atoms with E-state index in [1.165, 1.54) is 49.6 Å². The van der Waals surface area contributed by atoms with Crippen molar-refractivity contribution in [1.29, 1.82) is 0 Å². The van der Waals surface area contributed by atoms with Gasteiger partial charge in [0.15, 0.2) is 0 Å². The molecule has 2 aromatic carbocycles. The van der Waals surface area contributed by atoms with Gasteiger partial charge in [-0.15, -0.1) is 0 Å². The van der Waals surface area contributed by atoms with Crippen LogP contribution in [-0.4, -0.2) is 47.9 Å². The molecule has 0 unspecified atom stereocenters. The third kappa shape index (κ3) is 6.17. The fourth-order valence-corrected chi connectivity index (χ4v) is 3.87. The molecule has 0 spiro atoms. The number of nitrogens with one attached hydrogen (secondary N) is 1. The summed E-state index contributed by atoms with van der Waals surface area (Å²) < 4.78 is 18.8. The Bertz CT molecular complexity index is 1140. The van der Waals surface area contributed by atoms with Crippen molar-refractivity contribution in [2.75, 3.05) is 26.2 Å². The van der Waals surface area contributed by atoms with E-state index in [0.29, 0.717) is 29.3 Å². The van der Waals surface area contributed by atoms with Gasteiger partial charge >= 0.3 is 0 Å². The summed E-state index contributed by atoms with van der Waals surface area (Å²) in [5.41, 5.74) is 6.98. The van der Waals surface area contributed by atoms with E-state index in [0.717, 1.165) is 19.6 Å². The molecule has 1 saturated heterocycles. The molecule has 0 radical (unpaired) electrons. The molecule has 4 rings (SSSR count). The Morgan fingerprint density at radius 3 is 2.26 bits per heavy atom. The van der Waals surface area contributed by atoms with Crippen LogP contribution in [0.15, 0.2) is 60.7 Å². The number of rotatable bonds is 8. The summed E-state index contributed by atoms with van der Waals surface area (Å²) >= 11 is 0. The quantitative estimate of drug-likeness (QED) is 0.528. The fraction of sp³-hybridized carbons (Fsp3) is 0.269. The van der Waals surface area contributed by atoms with Crippen molar-refractivity contribution in [2.45, 2.75) is 19.3 Å². The summed E-state index contributed by atoms with van der Waals surface area (Å²) in [7, 11) is 0. The summed E-state index contributed by atoms with van der Waals surface area (Å²) in [4.78, 5) is 31.4. The van der Waals surface area contributed by atoms with Crippen molar-refractivity contribution < 1.29 is 18.7 Å². The maximum Gasteiger partial charge on any atom is 0.269 e. The van der Waals surface area contributed by atoms with Gasteiger partial charge in [-0.2, -0.15) is 0 Å². The summed E-state index contributed by atoms with van der Waals surface area (Å²) in [6.07, 6.45) is 3.63. The van der Waals surface area contributed by atoms with Crippen LogP contribution in [0.2, 0.25) is 0 Å². The zero-order chi connectivity index (χ0) is 23.9. The summed E-state index contributed by atoms with van der Waals surface area (Å²) in [5, 5.41) is 2.89. The molecule has 2 amide bonds. The number of hydrogen-bond donors (Lipinski definition) is 2. The molecule has 1 aromatic heterocycles. The summed E-state index contributed by atoms with van der Waals surface area (Å²) in [5.74, 6) is -0.266. The molecule has 0 bridgehead atoms. The summed E-state index contributed by atoms with van der Waals surface area (Å²) in [6, 6.07) is 15.7.